The Labute approximate surface area is 215 Å². The van der Waals surface area contributed by atoms with Gasteiger partial charge in [-0.1, -0.05) is 84.9 Å². The molecule has 180 valence electrons. The molecule has 4 aromatic carbocycles. The SMILES string of the molecule is O=C(OC[C@H]1SCC[C@H]1OC(=O)c1ccc(-c2ccccc2)cc1)c1ccc(-c2ccccc2)cc1. The van der Waals surface area contributed by atoms with E-state index >= 15 is 0 Å². The van der Waals surface area contributed by atoms with Crippen molar-refractivity contribution in [1.29, 1.82) is 0 Å². The highest BCUT2D eigenvalue weighted by Crippen LogP contribution is 2.31. The van der Waals surface area contributed by atoms with Crippen molar-refractivity contribution >= 4 is 23.7 Å². The van der Waals surface area contributed by atoms with Crippen molar-refractivity contribution in [2.75, 3.05) is 12.4 Å². The lowest BCUT2D eigenvalue weighted by molar-refractivity contribution is 0.0221. The molecule has 36 heavy (non-hydrogen) atoms. The van der Waals surface area contributed by atoms with Crippen LogP contribution < -0.4 is 0 Å². The molecule has 1 heterocycles. The fourth-order valence-corrected chi connectivity index (χ4v) is 5.47. The first kappa shape index (κ1) is 23.9. The summed E-state index contributed by atoms with van der Waals surface area (Å²) in [6.07, 6.45) is 0.455. The molecule has 1 fully saturated rings. The van der Waals surface area contributed by atoms with Crippen molar-refractivity contribution in [1.82, 2.24) is 0 Å². The Morgan fingerprint density at radius 2 is 1.11 bits per heavy atom. The number of ether oxygens (including phenoxy) is 2. The molecule has 0 unspecified atom stereocenters. The molecule has 4 nitrogen and oxygen atoms in total. The largest absolute Gasteiger partial charge is 0.461 e. The smallest absolute Gasteiger partial charge is 0.338 e. The number of esters is 2. The molecule has 4 aromatic rings. The summed E-state index contributed by atoms with van der Waals surface area (Å²) in [5.74, 6) is 0.137. The molecule has 2 atom stereocenters. The molecule has 1 aliphatic rings. The van der Waals surface area contributed by atoms with E-state index in [1.54, 1.807) is 36.0 Å². The molecular weight excluding hydrogens is 468 g/mol. The number of carbonyl (C=O) groups is 2. The molecule has 5 heteroatoms. The Balaban J connectivity index is 1.15. The number of thioether (sulfide) groups is 1. The molecule has 0 bridgehead atoms. The molecule has 1 aliphatic heterocycles. The van der Waals surface area contributed by atoms with E-state index in [-0.39, 0.29) is 29.9 Å². The van der Waals surface area contributed by atoms with Gasteiger partial charge < -0.3 is 9.47 Å². The van der Waals surface area contributed by atoms with E-state index < -0.39 is 0 Å². The van der Waals surface area contributed by atoms with E-state index in [1.165, 1.54) is 0 Å². The molecule has 0 N–H and O–H groups in total. The average molecular weight is 495 g/mol. The van der Waals surface area contributed by atoms with E-state index in [9.17, 15) is 9.59 Å². The molecule has 0 radical (unpaired) electrons. The molecule has 0 spiro atoms. The van der Waals surface area contributed by atoms with Gasteiger partial charge in [0.05, 0.1) is 16.4 Å². The van der Waals surface area contributed by atoms with Gasteiger partial charge >= 0.3 is 11.9 Å². The van der Waals surface area contributed by atoms with Crippen LogP contribution in [-0.4, -0.2) is 35.7 Å². The standard InChI is InChI=1S/C31H26O4S/c32-30(26-15-11-24(12-16-26)22-7-3-1-4-8-22)34-21-29-28(19-20-36-29)35-31(33)27-17-13-25(14-18-27)23-9-5-2-6-10-23/h1-18,28-29H,19-21H2/t28-,29-/m1/s1. The third-order valence-corrected chi connectivity index (χ3v) is 7.58. The van der Waals surface area contributed by atoms with Gasteiger partial charge in [0, 0.05) is 0 Å². The molecule has 0 aliphatic carbocycles. The molecule has 0 saturated carbocycles. The lowest BCUT2D eigenvalue weighted by Gasteiger charge is -2.19. The maximum atomic E-state index is 12.8. The Kier molecular flexibility index (Phi) is 7.48. The van der Waals surface area contributed by atoms with Crippen LogP contribution in [-0.2, 0) is 9.47 Å². The van der Waals surface area contributed by atoms with Crippen molar-refractivity contribution < 1.29 is 19.1 Å². The van der Waals surface area contributed by atoms with Crippen LogP contribution in [0.2, 0.25) is 0 Å². The number of benzene rings is 4. The minimum atomic E-state index is -0.372. The Morgan fingerprint density at radius 3 is 1.64 bits per heavy atom. The monoisotopic (exact) mass is 494 g/mol. The van der Waals surface area contributed by atoms with E-state index in [4.69, 9.17) is 9.47 Å². The van der Waals surface area contributed by atoms with Crippen LogP contribution in [0.4, 0.5) is 0 Å². The number of carbonyl (C=O) groups excluding carboxylic acids is 2. The summed E-state index contributed by atoms with van der Waals surface area (Å²) >= 11 is 1.67. The zero-order valence-electron chi connectivity index (χ0n) is 19.7. The maximum Gasteiger partial charge on any atom is 0.338 e. The first-order valence-electron chi connectivity index (χ1n) is 12.0. The van der Waals surface area contributed by atoms with Crippen molar-refractivity contribution in [2.24, 2.45) is 0 Å². The maximum absolute atomic E-state index is 12.8. The van der Waals surface area contributed by atoms with E-state index in [0.29, 0.717) is 11.1 Å². The van der Waals surface area contributed by atoms with Gasteiger partial charge in [0.15, 0.2) is 0 Å². The van der Waals surface area contributed by atoms with Crippen molar-refractivity contribution in [3.05, 3.63) is 120 Å². The topological polar surface area (TPSA) is 52.6 Å². The second-order valence-electron chi connectivity index (χ2n) is 8.63. The van der Waals surface area contributed by atoms with Gasteiger partial charge in [0.1, 0.15) is 12.7 Å². The number of rotatable bonds is 7. The Hall–Kier alpha value is -3.83. The molecule has 0 amide bonds. The lowest BCUT2D eigenvalue weighted by atomic mass is 10.0. The van der Waals surface area contributed by atoms with Gasteiger partial charge in [-0.15, -0.1) is 0 Å². The van der Waals surface area contributed by atoms with Gasteiger partial charge in [-0.05, 0) is 58.7 Å². The molecule has 0 aromatic heterocycles. The van der Waals surface area contributed by atoms with Gasteiger partial charge in [-0.2, -0.15) is 11.8 Å². The van der Waals surface area contributed by atoms with Crippen LogP contribution in [0.1, 0.15) is 27.1 Å². The highest BCUT2D eigenvalue weighted by Gasteiger charge is 2.32. The van der Waals surface area contributed by atoms with Gasteiger partial charge in [0.2, 0.25) is 0 Å². The summed E-state index contributed by atoms with van der Waals surface area (Å²) in [7, 11) is 0. The fraction of sp³-hybridized carbons (Fsp3) is 0.161. The van der Waals surface area contributed by atoms with Gasteiger partial charge in [0.25, 0.3) is 0 Å². The summed E-state index contributed by atoms with van der Waals surface area (Å²) in [5.41, 5.74) is 5.30. The Bertz CT molecular complexity index is 1300. The highest BCUT2D eigenvalue weighted by atomic mass is 32.2. The number of hydrogen-bond acceptors (Lipinski definition) is 5. The normalized spacial score (nSPS) is 16.9. The average Bonchev–Trinajstić information content (AvgIpc) is 3.39. The minimum Gasteiger partial charge on any atom is -0.461 e. The van der Waals surface area contributed by atoms with Crippen molar-refractivity contribution in [3.8, 4) is 22.3 Å². The van der Waals surface area contributed by atoms with Crippen LogP contribution in [0.15, 0.2) is 109 Å². The highest BCUT2D eigenvalue weighted by molar-refractivity contribution is 8.00. The third-order valence-electron chi connectivity index (χ3n) is 6.24. The molecule has 1 saturated heterocycles. The summed E-state index contributed by atoms with van der Waals surface area (Å²) in [4.78, 5) is 25.4. The molecular formula is C31H26O4S. The first-order valence-corrected chi connectivity index (χ1v) is 13.0. The van der Waals surface area contributed by atoms with Crippen LogP contribution in [0.3, 0.4) is 0 Å². The summed E-state index contributed by atoms with van der Waals surface area (Å²) in [5, 5.41) is -0.0786. The van der Waals surface area contributed by atoms with Crippen LogP contribution in [0.25, 0.3) is 22.3 Å². The summed E-state index contributed by atoms with van der Waals surface area (Å²) in [6, 6.07) is 34.9. The molecule has 5 rings (SSSR count). The zero-order valence-corrected chi connectivity index (χ0v) is 20.5. The predicted octanol–water partition coefficient (Wildman–Crippen LogP) is 6.91. The van der Waals surface area contributed by atoms with Crippen LogP contribution in [0.5, 0.6) is 0 Å². The quantitative estimate of drug-likeness (QED) is 0.261. The van der Waals surface area contributed by atoms with Gasteiger partial charge in [-0.25, -0.2) is 9.59 Å². The zero-order chi connectivity index (χ0) is 24.7. The van der Waals surface area contributed by atoms with Gasteiger partial charge in [-0.3, -0.25) is 0 Å². The van der Waals surface area contributed by atoms with Crippen LogP contribution in [0, 0.1) is 0 Å². The van der Waals surface area contributed by atoms with E-state index in [0.717, 1.165) is 34.4 Å². The third kappa shape index (κ3) is 5.69. The van der Waals surface area contributed by atoms with Crippen molar-refractivity contribution in [2.45, 2.75) is 17.8 Å². The fourth-order valence-electron chi connectivity index (χ4n) is 4.22. The summed E-state index contributed by atoms with van der Waals surface area (Å²) < 4.78 is 11.4. The van der Waals surface area contributed by atoms with E-state index in [1.807, 2.05) is 84.9 Å². The Morgan fingerprint density at radius 1 is 0.639 bits per heavy atom. The predicted molar refractivity (Wildman–Crippen MR) is 144 cm³/mol. The minimum absolute atomic E-state index is 0.0786. The van der Waals surface area contributed by atoms with E-state index in [2.05, 4.69) is 0 Å². The number of hydrogen-bond donors (Lipinski definition) is 0. The van der Waals surface area contributed by atoms with Crippen LogP contribution >= 0.6 is 11.8 Å². The first-order chi connectivity index (χ1) is 17.7. The van der Waals surface area contributed by atoms with Crippen molar-refractivity contribution in [3.63, 3.8) is 0 Å². The summed E-state index contributed by atoms with van der Waals surface area (Å²) in [6.45, 7) is 0.203. The lowest BCUT2D eigenvalue weighted by Crippen LogP contribution is -2.29. The second-order valence-corrected chi connectivity index (χ2v) is 9.97. The second kappa shape index (κ2) is 11.3.